The molecule has 0 fully saturated rings. The average Bonchev–Trinajstić information content (AvgIpc) is 2.57. The van der Waals surface area contributed by atoms with Crippen LogP contribution in [0.3, 0.4) is 0 Å². The van der Waals surface area contributed by atoms with Crippen molar-refractivity contribution in [2.45, 2.75) is 46.6 Å². The van der Waals surface area contributed by atoms with Crippen LogP contribution in [0.5, 0.6) is 0 Å². The summed E-state index contributed by atoms with van der Waals surface area (Å²) in [5.74, 6) is 0. The van der Waals surface area contributed by atoms with Gasteiger partial charge in [-0.15, -0.1) is 0 Å². The molecule has 1 aromatic rings. The second kappa shape index (κ2) is 5.48. The summed E-state index contributed by atoms with van der Waals surface area (Å²) >= 11 is 0. The van der Waals surface area contributed by atoms with E-state index in [0.29, 0.717) is 6.04 Å². The summed E-state index contributed by atoms with van der Waals surface area (Å²) < 4.78 is 1.87. The lowest BCUT2D eigenvalue weighted by Gasteiger charge is -2.31. The third kappa shape index (κ3) is 3.97. The molecule has 1 rings (SSSR count). The van der Waals surface area contributed by atoms with Gasteiger partial charge in [0.1, 0.15) is 0 Å². The van der Waals surface area contributed by atoms with Crippen LogP contribution in [0.1, 0.15) is 39.8 Å². The van der Waals surface area contributed by atoms with Crippen LogP contribution >= 0.6 is 0 Å². The molecule has 3 heteroatoms. The van der Waals surface area contributed by atoms with E-state index in [1.54, 1.807) is 0 Å². The lowest BCUT2D eigenvalue weighted by atomic mass is 9.84. The van der Waals surface area contributed by atoms with Gasteiger partial charge in [0.2, 0.25) is 0 Å². The minimum atomic E-state index is 0.271. The molecule has 1 atom stereocenters. The molecule has 0 aliphatic heterocycles. The topological polar surface area (TPSA) is 29.9 Å². The fraction of sp³-hybridized carbons (Fsp3) is 0.769. The number of aromatic nitrogens is 2. The number of nitrogens with one attached hydrogen (secondary N) is 1. The summed E-state index contributed by atoms with van der Waals surface area (Å²) in [6, 6.07) is 2.59. The number of hydrogen-bond donors (Lipinski definition) is 1. The van der Waals surface area contributed by atoms with Crippen molar-refractivity contribution in [2.75, 3.05) is 6.54 Å². The van der Waals surface area contributed by atoms with E-state index in [9.17, 15) is 0 Å². The summed E-state index contributed by atoms with van der Waals surface area (Å²) in [5.41, 5.74) is 1.44. The highest BCUT2D eigenvalue weighted by atomic mass is 15.2. The van der Waals surface area contributed by atoms with Gasteiger partial charge in [0, 0.05) is 25.7 Å². The molecule has 0 spiro atoms. The molecular formula is C13H25N3. The van der Waals surface area contributed by atoms with Gasteiger partial charge < -0.3 is 5.32 Å². The van der Waals surface area contributed by atoms with Crippen LogP contribution in [0.15, 0.2) is 12.3 Å². The Balaban J connectivity index is 2.63. The minimum absolute atomic E-state index is 0.271. The SMILES string of the molecule is CCCNC(Cc1ccn(C)n1)C(C)(C)C. The van der Waals surface area contributed by atoms with E-state index in [2.05, 4.69) is 44.2 Å². The van der Waals surface area contributed by atoms with Gasteiger partial charge in [0.15, 0.2) is 0 Å². The lowest BCUT2D eigenvalue weighted by molar-refractivity contribution is 0.265. The standard InChI is InChI=1S/C13H25N3/c1-6-8-14-12(13(2,3)4)10-11-7-9-16(5)15-11/h7,9,12,14H,6,8,10H2,1-5H3. The molecule has 0 aliphatic rings. The molecule has 0 saturated carbocycles. The van der Waals surface area contributed by atoms with Crippen LogP contribution in [-0.4, -0.2) is 22.4 Å². The van der Waals surface area contributed by atoms with Gasteiger partial charge in [-0.25, -0.2) is 0 Å². The van der Waals surface area contributed by atoms with Gasteiger partial charge in [0.05, 0.1) is 5.69 Å². The second-order valence-corrected chi connectivity index (χ2v) is 5.56. The summed E-state index contributed by atoms with van der Waals surface area (Å²) in [7, 11) is 1.97. The highest BCUT2D eigenvalue weighted by Crippen LogP contribution is 2.22. The Morgan fingerprint density at radius 3 is 2.56 bits per heavy atom. The fourth-order valence-electron chi connectivity index (χ4n) is 1.78. The molecule has 1 heterocycles. The first-order valence-electron chi connectivity index (χ1n) is 6.15. The normalized spacial score (nSPS) is 14.1. The molecule has 92 valence electrons. The first-order valence-corrected chi connectivity index (χ1v) is 6.15. The maximum atomic E-state index is 4.45. The fourth-order valence-corrected chi connectivity index (χ4v) is 1.78. The van der Waals surface area contributed by atoms with Crippen molar-refractivity contribution in [3.05, 3.63) is 18.0 Å². The molecule has 3 nitrogen and oxygen atoms in total. The molecule has 16 heavy (non-hydrogen) atoms. The van der Waals surface area contributed by atoms with Crippen molar-refractivity contribution >= 4 is 0 Å². The Morgan fingerprint density at radius 1 is 1.44 bits per heavy atom. The van der Waals surface area contributed by atoms with E-state index in [1.807, 2.05) is 17.9 Å². The van der Waals surface area contributed by atoms with Gasteiger partial charge in [-0.05, 0) is 24.4 Å². The Bertz CT molecular complexity index is 309. The van der Waals surface area contributed by atoms with Gasteiger partial charge >= 0.3 is 0 Å². The third-order valence-electron chi connectivity index (χ3n) is 2.87. The Labute approximate surface area is 99.2 Å². The first kappa shape index (κ1) is 13.2. The van der Waals surface area contributed by atoms with Crippen molar-refractivity contribution in [3.63, 3.8) is 0 Å². The molecule has 1 N–H and O–H groups in total. The number of hydrogen-bond acceptors (Lipinski definition) is 2. The lowest BCUT2D eigenvalue weighted by Crippen LogP contribution is -2.42. The molecule has 0 saturated heterocycles. The van der Waals surface area contributed by atoms with Crippen LogP contribution in [0, 0.1) is 5.41 Å². The predicted octanol–water partition coefficient (Wildman–Crippen LogP) is 2.38. The molecule has 0 aliphatic carbocycles. The van der Waals surface area contributed by atoms with E-state index in [1.165, 1.54) is 12.1 Å². The summed E-state index contributed by atoms with van der Waals surface area (Å²) in [4.78, 5) is 0. The quantitative estimate of drug-likeness (QED) is 0.830. The molecule has 0 bridgehead atoms. The van der Waals surface area contributed by atoms with Gasteiger partial charge in [0.25, 0.3) is 0 Å². The van der Waals surface area contributed by atoms with Crippen LogP contribution in [0.25, 0.3) is 0 Å². The van der Waals surface area contributed by atoms with Gasteiger partial charge in [-0.3, -0.25) is 4.68 Å². The molecular weight excluding hydrogens is 198 g/mol. The average molecular weight is 223 g/mol. The highest BCUT2D eigenvalue weighted by Gasteiger charge is 2.24. The van der Waals surface area contributed by atoms with Gasteiger partial charge in [-0.2, -0.15) is 5.10 Å². The maximum Gasteiger partial charge on any atom is 0.0640 e. The van der Waals surface area contributed by atoms with E-state index >= 15 is 0 Å². The second-order valence-electron chi connectivity index (χ2n) is 5.56. The van der Waals surface area contributed by atoms with Crippen molar-refractivity contribution in [3.8, 4) is 0 Å². The zero-order valence-electron chi connectivity index (χ0n) is 11.2. The van der Waals surface area contributed by atoms with Crippen molar-refractivity contribution < 1.29 is 0 Å². The Morgan fingerprint density at radius 2 is 2.12 bits per heavy atom. The number of aryl methyl sites for hydroxylation is 1. The monoisotopic (exact) mass is 223 g/mol. The summed E-state index contributed by atoms with van der Waals surface area (Å²) in [6.07, 6.45) is 4.19. The van der Waals surface area contributed by atoms with E-state index in [-0.39, 0.29) is 5.41 Å². The van der Waals surface area contributed by atoms with Crippen LogP contribution in [-0.2, 0) is 13.5 Å². The first-order chi connectivity index (χ1) is 7.43. The smallest absolute Gasteiger partial charge is 0.0640 e. The molecule has 0 aromatic carbocycles. The van der Waals surface area contributed by atoms with E-state index in [0.717, 1.165) is 13.0 Å². The predicted molar refractivity (Wildman–Crippen MR) is 68.4 cm³/mol. The highest BCUT2D eigenvalue weighted by molar-refractivity contribution is 5.03. The zero-order valence-corrected chi connectivity index (χ0v) is 11.2. The van der Waals surface area contributed by atoms with Crippen molar-refractivity contribution in [1.82, 2.24) is 15.1 Å². The molecule has 0 radical (unpaired) electrons. The Hall–Kier alpha value is -0.830. The largest absolute Gasteiger partial charge is 0.313 e. The van der Waals surface area contributed by atoms with Crippen LogP contribution < -0.4 is 5.32 Å². The molecule has 1 aromatic heterocycles. The summed E-state index contributed by atoms with van der Waals surface area (Å²) in [5, 5.41) is 8.07. The van der Waals surface area contributed by atoms with E-state index in [4.69, 9.17) is 0 Å². The number of nitrogens with zero attached hydrogens (tertiary/aromatic N) is 2. The summed E-state index contributed by atoms with van der Waals surface area (Å²) in [6.45, 7) is 10.1. The van der Waals surface area contributed by atoms with Crippen molar-refractivity contribution in [2.24, 2.45) is 12.5 Å². The maximum absolute atomic E-state index is 4.45. The van der Waals surface area contributed by atoms with E-state index < -0.39 is 0 Å². The third-order valence-corrected chi connectivity index (χ3v) is 2.87. The molecule has 0 amide bonds. The van der Waals surface area contributed by atoms with Crippen molar-refractivity contribution in [1.29, 1.82) is 0 Å². The number of rotatable bonds is 5. The molecule has 1 unspecified atom stereocenters. The Kier molecular flexibility index (Phi) is 4.54. The zero-order chi connectivity index (χ0) is 12.2. The van der Waals surface area contributed by atoms with Crippen LogP contribution in [0.4, 0.5) is 0 Å². The minimum Gasteiger partial charge on any atom is -0.313 e. The van der Waals surface area contributed by atoms with Crippen LogP contribution in [0.2, 0.25) is 0 Å². The van der Waals surface area contributed by atoms with Gasteiger partial charge in [-0.1, -0.05) is 27.7 Å².